The molecule has 0 aromatic rings. The Morgan fingerprint density at radius 1 is 1.39 bits per heavy atom. The molecule has 1 saturated heterocycles. The van der Waals surface area contributed by atoms with Gasteiger partial charge in [0, 0.05) is 38.3 Å². The van der Waals surface area contributed by atoms with Crippen LogP contribution >= 0.6 is 0 Å². The van der Waals surface area contributed by atoms with Gasteiger partial charge in [-0.15, -0.1) is 0 Å². The van der Waals surface area contributed by atoms with Crippen LogP contribution in [0.1, 0.15) is 47.5 Å². The molecule has 0 aliphatic carbocycles. The van der Waals surface area contributed by atoms with Crippen LogP contribution in [0.25, 0.3) is 0 Å². The van der Waals surface area contributed by atoms with Gasteiger partial charge in [0.25, 0.3) is 0 Å². The van der Waals surface area contributed by atoms with Gasteiger partial charge in [-0.1, -0.05) is 34.1 Å². The third-order valence-electron chi connectivity index (χ3n) is 4.11. The van der Waals surface area contributed by atoms with Crippen molar-refractivity contribution in [2.75, 3.05) is 26.8 Å². The number of ether oxygens (including phenoxy) is 1. The second-order valence-electron chi connectivity index (χ2n) is 6.77. The van der Waals surface area contributed by atoms with Crippen LogP contribution in [-0.2, 0) is 4.74 Å². The summed E-state index contributed by atoms with van der Waals surface area (Å²) in [6.45, 7) is 14.6. The minimum Gasteiger partial charge on any atom is -0.383 e. The predicted octanol–water partition coefficient (Wildman–Crippen LogP) is 2.51. The molecule has 0 bridgehead atoms. The van der Waals surface area contributed by atoms with Crippen LogP contribution < -0.4 is 5.32 Å². The van der Waals surface area contributed by atoms with Crippen LogP contribution in [0.2, 0.25) is 0 Å². The van der Waals surface area contributed by atoms with Crippen LogP contribution in [0.15, 0.2) is 0 Å². The lowest BCUT2D eigenvalue weighted by atomic mass is 9.84. The average Bonchev–Trinajstić information content (AvgIpc) is 2.28. The fourth-order valence-electron chi connectivity index (χ4n) is 2.84. The van der Waals surface area contributed by atoms with Gasteiger partial charge in [-0.3, -0.25) is 4.90 Å². The van der Waals surface area contributed by atoms with Gasteiger partial charge in [0.1, 0.15) is 0 Å². The molecule has 0 radical (unpaired) electrons. The van der Waals surface area contributed by atoms with Gasteiger partial charge in [0.2, 0.25) is 0 Å². The van der Waals surface area contributed by atoms with Crippen LogP contribution in [0.5, 0.6) is 0 Å². The Kier molecular flexibility index (Phi) is 6.09. The summed E-state index contributed by atoms with van der Waals surface area (Å²) in [6, 6.07) is 1.75. The van der Waals surface area contributed by atoms with Gasteiger partial charge in [-0.2, -0.15) is 0 Å². The number of rotatable bonds is 5. The normalized spacial score (nSPS) is 28.3. The van der Waals surface area contributed by atoms with E-state index in [1.54, 1.807) is 0 Å². The predicted molar refractivity (Wildman–Crippen MR) is 78.0 cm³/mol. The number of nitrogens with one attached hydrogen (secondary N) is 1. The molecule has 0 amide bonds. The Labute approximate surface area is 113 Å². The molecular formula is C15H32N2O. The molecule has 3 atom stereocenters. The quantitative estimate of drug-likeness (QED) is 0.818. The first-order valence-corrected chi connectivity index (χ1v) is 7.38. The minimum absolute atomic E-state index is 0.322. The summed E-state index contributed by atoms with van der Waals surface area (Å²) in [4.78, 5) is 2.65. The molecule has 0 aromatic carbocycles. The molecule has 1 N–H and O–H groups in total. The van der Waals surface area contributed by atoms with Crippen LogP contribution in [-0.4, -0.2) is 49.8 Å². The van der Waals surface area contributed by atoms with Gasteiger partial charge in [0.15, 0.2) is 0 Å². The number of piperazine rings is 1. The van der Waals surface area contributed by atoms with Crippen molar-refractivity contribution in [1.29, 1.82) is 0 Å². The zero-order valence-electron chi connectivity index (χ0n) is 13.1. The summed E-state index contributed by atoms with van der Waals surface area (Å²) in [5, 5.41) is 3.70. The van der Waals surface area contributed by atoms with Crippen molar-refractivity contribution in [2.24, 2.45) is 5.41 Å². The van der Waals surface area contributed by atoms with E-state index in [-0.39, 0.29) is 0 Å². The number of methoxy groups -OCH3 is 1. The molecule has 108 valence electrons. The zero-order chi connectivity index (χ0) is 13.8. The summed E-state index contributed by atoms with van der Waals surface area (Å²) in [5.74, 6) is 0. The number of nitrogens with zero attached hydrogens (tertiary/aromatic N) is 1. The van der Waals surface area contributed by atoms with Gasteiger partial charge in [0.05, 0.1) is 6.61 Å². The smallest absolute Gasteiger partial charge is 0.0618 e. The lowest BCUT2D eigenvalue weighted by molar-refractivity contribution is 0.0170. The lowest BCUT2D eigenvalue weighted by Gasteiger charge is -2.47. The first kappa shape index (κ1) is 15.9. The monoisotopic (exact) mass is 256 g/mol. The van der Waals surface area contributed by atoms with Crippen molar-refractivity contribution in [1.82, 2.24) is 10.2 Å². The maximum Gasteiger partial charge on any atom is 0.0618 e. The summed E-state index contributed by atoms with van der Waals surface area (Å²) in [7, 11) is 1.82. The highest BCUT2D eigenvalue weighted by Gasteiger charge is 2.35. The van der Waals surface area contributed by atoms with E-state index in [4.69, 9.17) is 4.74 Å². The van der Waals surface area contributed by atoms with E-state index in [0.717, 1.165) is 19.7 Å². The molecule has 1 heterocycles. The van der Waals surface area contributed by atoms with E-state index in [9.17, 15) is 0 Å². The molecule has 0 saturated carbocycles. The van der Waals surface area contributed by atoms with Gasteiger partial charge >= 0.3 is 0 Å². The van der Waals surface area contributed by atoms with E-state index in [1.165, 1.54) is 12.8 Å². The molecule has 0 aromatic heterocycles. The molecule has 3 nitrogen and oxygen atoms in total. The third kappa shape index (κ3) is 4.22. The SMILES string of the molecule is CCCC(COC)N1CC(C(C)(C)C)NCC1C. The Bertz CT molecular complexity index is 231. The van der Waals surface area contributed by atoms with Crippen molar-refractivity contribution < 1.29 is 4.74 Å². The molecule has 1 fully saturated rings. The largest absolute Gasteiger partial charge is 0.383 e. The topological polar surface area (TPSA) is 24.5 Å². The molecular weight excluding hydrogens is 224 g/mol. The van der Waals surface area contributed by atoms with E-state index in [2.05, 4.69) is 44.8 Å². The summed E-state index contributed by atoms with van der Waals surface area (Å²) in [6.07, 6.45) is 2.46. The lowest BCUT2D eigenvalue weighted by Crippen LogP contribution is -2.62. The van der Waals surface area contributed by atoms with Crippen molar-refractivity contribution in [3.8, 4) is 0 Å². The van der Waals surface area contributed by atoms with Gasteiger partial charge in [-0.25, -0.2) is 0 Å². The Hall–Kier alpha value is -0.120. The van der Waals surface area contributed by atoms with Crippen molar-refractivity contribution >= 4 is 0 Å². The Morgan fingerprint density at radius 3 is 2.56 bits per heavy atom. The highest BCUT2D eigenvalue weighted by molar-refractivity contribution is 4.92. The fourth-order valence-corrected chi connectivity index (χ4v) is 2.84. The minimum atomic E-state index is 0.322. The molecule has 3 unspecified atom stereocenters. The molecule has 3 heteroatoms. The van der Waals surface area contributed by atoms with Crippen LogP contribution in [0.3, 0.4) is 0 Å². The molecule has 1 aliphatic rings. The van der Waals surface area contributed by atoms with E-state index < -0.39 is 0 Å². The highest BCUT2D eigenvalue weighted by atomic mass is 16.5. The molecule has 0 spiro atoms. The van der Waals surface area contributed by atoms with Gasteiger partial charge < -0.3 is 10.1 Å². The summed E-state index contributed by atoms with van der Waals surface area (Å²) < 4.78 is 5.42. The summed E-state index contributed by atoms with van der Waals surface area (Å²) >= 11 is 0. The maximum absolute atomic E-state index is 5.42. The Morgan fingerprint density at radius 2 is 2.06 bits per heavy atom. The molecule has 1 aliphatic heterocycles. The maximum atomic E-state index is 5.42. The molecule has 1 rings (SSSR count). The van der Waals surface area contributed by atoms with E-state index >= 15 is 0 Å². The Balaban J connectivity index is 2.70. The van der Waals surface area contributed by atoms with E-state index in [0.29, 0.717) is 23.5 Å². The van der Waals surface area contributed by atoms with E-state index in [1.807, 2.05) is 7.11 Å². The average molecular weight is 256 g/mol. The number of hydrogen-bond donors (Lipinski definition) is 1. The first-order valence-electron chi connectivity index (χ1n) is 7.38. The van der Waals surface area contributed by atoms with Crippen LogP contribution in [0, 0.1) is 5.41 Å². The first-order chi connectivity index (χ1) is 8.40. The standard InChI is InChI=1S/C15H32N2O/c1-7-8-13(11-18-6)17-10-14(15(3,4)5)16-9-12(17)2/h12-14,16H,7-11H2,1-6H3. The highest BCUT2D eigenvalue weighted by Crippen LogP contribution is 2.25. The van der Waals surface area contributed by atoms with Crippen molar-refractivity contribution in [2.45, 2.75) is 65.6 Å². The van der Waals surface area contributed by atoms with Gasteiger partial charge in [-0.05, 0) is 18.8 Å². The second kappa shape index (κ2) is 6.88. The number of hydrogen-bond acceptors (Lipinski definition) is 3. The fraction of sp³-hybridized carbons (Fsp3) is 1.00. The van der Waals surface area contributed by atoms with Crippen molar-refractivity contribution in [3.63, 3.8) is 0 Å². The zero-order valence-corrected chi connectivity index (χ0v) is 13.1. The third-order valence-corrected chi connectivity index (χ3v) is 4.11. The second-order valence-corrected chi connectivity index (χ2v) is 6.77. The van der Waals surface area contributed by atoms with Crippen LogP contribution in [0.4, 0.5) is 0 Å². The molecule has 18 heavy (non-hydrogen) atoms. The summed E-state index contributed by atoms with van der Waals surface area (Å²) in [5.41, 5.74) is 0.322. The van der Waals surface area contributed by atoms with Crippen molar-refractivity contribution in [3.05, 3.63) is 0 Å².